The highest BCUT2D eigenvalue weighted by atomic mass is 32.2. The van der Waals surface area contributed by atoms with Gasteiger partial charge in [0, 0.05) is 33.2 Å². The van der Waals surface area contributed by atoms with E-state index in [1.807, 2.05) is 11.8 Å². The summed E-state index contributed by atoms with van der Waals surface area (Å²) in [5.74, 6) is 0.0181. The van der Waals surface area contributed by atoms with E-state index in [9.17, 15) is 13.2 Å². The molecule has 1 saturated heterocycles. The highest BCUT2D eigenvalue weighted by Gasteiger charge is 2.42. The van der Waals surface area contributed by atoms with Crippen molar-refractivity contribution in [3.8, 4) is 0 Å². The number of likely N-dealkylation sites (tertiary alicyclic amines) is 1. The van der Waals surface area contributed by atoms with Crippen LogP contribution in [0.25, 0.3) is 0 Å². The van der Waals surface area contributed by atoms with Crippen LogP contribution in [-0.4, -0.2) is 68.6 Å². The van der Waals surface area contributed by atoms with Crippen LogP contribution in [0, 0.1) is 0 Å². The van der Waals surface area contributed by atoms with Crippen LogP contribution in [0.5, 0.6) is 0 Å². The first-order valence-electron chi connectivity index (χ1n) is 7.27. The van der Waals surface area contributed by atoms with Crippen molar-refractivity contribution in [1.29, 1.82) is 0 Å². The maximum Gasteiger partial charge on any atom is 0.239 e. The van der Waals surface area contributed by atoms with E-state index in [0.29, 0.717) is 13.1 Å². The van der Waals surface area contributed by atoms with Gasteiger partial charge in [0.25, 0.3) is 0 Å². The molecule has 0 aromatic carbocycles. The molecule has 116 valence electrons. The van der Waals surface area contributed by atoms with E-state index < -0.39 is 10.0 Å². The SMILES string of the molecule is C[C@H](C(=O)N(C)C)N1CC(S(=O)(=O)NC2CCCC2)C1. The van der Waals surface area contributed by atoms with Gasteiger partial charge in [0.1, 0.15) is 5.25 Å². The zero-order valence-corrected chi connectivity index (χ0v) is 13.3. The van der Waals surface area contributed by atoms with E-state index in [-0.39, 0.29) is 23.2 Å². The summed E-state index contributed by atoms with van der Waals surface area (Å²) in [5, 5.41) is -0.375. The zero-order chi connectivity index (χ0) is 14.9. The third kappa shape index (κ3) is 3.32. The highest BCUT2D eigenvalue weighted by Crippen LogP contribution is 2.23. The van der Waals surface area contributed by atoms with Gasteiger partial charge >= 0.3 is 0 Å². The molecule has 1 heterocycles. The van der Waals surface area contributed by atoms with E-state index in [0.717, 1.165) is 25.7 Å². The largest absolute Gasteiger partial charge is 0.347 e. The molecule has 7 heteroatoms. The molecule has 1 aliphatic heterocycles. The predicted molar refractivity (Wildman–Crippen MR) is 77.8 cm³/mol. The molecule has 0 aromatic rings. The quantitative estimate of drug-likeness (QED) is 0.777. The first kappa shape index (κ1) is 15.7. The lowest BCUT2D eigenvalue weighted by molar-refractivity contribution is -0.135. The smallest absolute Gasteiger partial charge is 0.239 e. The predicted octanol–water partition coefficient (Wildman–Crippen LogP) is 0.00930. The zero-order valence-electron chi connectivity index (χ0n) is 12.5. The van der Waals surface area contributed by atoms with Gasteiger partial charge < -0.3 is 4.90 Å². The minimum Gasteiger partial charge on any atom is -0.347 e. The average molecular weight is 303 g/mol. The molecule has 1 saturated carbocycles. The first-order valence-corrected chi connectivity index (χ1v) is 8.82. The van der Waals surface area contributed by atoms with Crippen LogP contribution >= 0.6 is 0 Å². The van der Waals surface area contributed by atoms with Crippen molar-refractivity contribution in [1.82, 2.24) is 14.5 Å². The van der Waals surface area contributed by atoms with E-state index >= 15 is 0 Å². The monoisotopic (exact) mass is 303 g/mol. The number of amides is 1. The third-order valence-corrected chi connectivity index (χ3v) is 6.18. The molecule has 0 bridgehead atoms. The summed E-state index contributed by atoms with van der Waals surface area (Å²) in [7, 11) is 0.198. The fourth-order valence-electron chi connectivity index (χ4n) is 2.88. The molecule has 2 fully saturated rings. The van der Waals surface area contributed by atoms with Crippen molar-refractivity contribution in [2.24, 2.45) is 0 Å². The van der Waals surface area contributed by atoms with Crippen molar-refractivity contribution in [3.63, 3.8) is 0 Å². The Kier molecular flexibility index (Phi) is 4.71. The second kappa shape index (κ2) is 5.99. The number of likely N-dealkylation sites (N-methyl/N-ethyl adjacent to an activating group) is 1. The van der Waals surface area contributed by atoms with Gasteiger partial charge in [-0.3, -0.25) is 9.69 Å². The number of carbonyl (C=O) groups is 1. The Morgan fingerprint density at radius 2 is 1.80 bits per heavy atom. The van der Waals surface area contributed by atoms with Crippen LogP contribution in [-0.2, 0) is 14.8 Å². The molecule has 1 aliphatic carbocycles. The van der Waals surface area contributed by atoms with Crippen molar-refractivity contribution in [3.05, 3.63) is 0 Å². The van der Waals surface area contributed by atoms with Crippen molar-refractivity contribution in [2.75, 3.05) is 27.2 Å². The molecule has 1 N–H and O–H groups in total. The average Bonchev–Trinajstić information content (AvgIpc) is 2.76. The lowest BCUT2D eigenvalue weighted by atomic mass is 10.1. The molecule has 2 aliphatic rings. The minimum absolute atomic E-state index is 0.0181. The van der Waals surface area contributed by atoms with E-state index in [2.05, 4.69) is 4.72 Å². The molecule has 0 radical (unpaired) electrons. The number of rotatable bonds is 5. The second-order valence-electron chi connectivity index (χ2n) is 6.13. The van der Waals surface area contributed by atoms with Crippen molar-refractivity contribution in [2.45, 2.75) is 49.9 Å². The van der Waals surface area contributed by atoms with Gasteiger partial charge in [-0.15, -0.1) is 0 Å². The molecule has 0 unspecified atom stereocenters. The maximum atomic E-state index is 12.2. The standard InChI is InChI=1S/C13H25N3O3S/c1-10(13(17)15(2)3)16-8-12(9-16)20(18,19)14-11-6-4-5-7-11/h10-12,14H,4-9H2,1-3H3/t10-/m1/s1. The molecule has 0 spiro atoms. The van der Waals surface area contributed by atoms with Gasteiger partial charge in [-0.05, 0) is 19.8 Å². The van der Waals surface area contributed by atoms with Crippen LogP contribution in [0.4, 0.5) is 0 Å². The summed E-state index contributed by atoms with van der Waals surface area (Å²) in [6.45, 7) is 2.72. The summed E-state index contributed by atoms with van der Waals surface area (Å²) < 4.78 is 27.2. The lowest BCUT2D eigenvalue weighted by Crippen LogP contribution is -2.63. The van der Waals surface area contributed by atoms with Crippen LogP contribution in [0.2, 0.25) is 0 Å². The van der Waals surface area contributed by atoms with Crippen LogP contribution < -0.4 is 4.72 Å². The Morgan fingerprint density at radius 1 is 1.25 bits per heavy atom. The number of nitrogens with zero attached hydrogens (tertiary/aromatic N) is 2. The highest BCUT2D eigenvalue weighted by molar-refractivity contribution is 7.90. The topological polar surface area (TPSA) is 69.7 Å². The van der Waals surface area contributed by atoms with Gasteiger partial charge in [-0.1, -0.05) is 12.8 Å². The number of hydrogen-bond donors (Lipinski definition) is 1. The molecular weight excluding hydrogens is 278 g/mol. The Labute approximate surface area is 121 Å². The normalized spacial score (nSPS) is 23.6. The fraction of sp³-hybridized carbons (Fsp3) is 0.923. The molecule has 20 heavy (non-hydrogen) atoms. The first-order chi connectivity index (χ1) is 9.31. The Morgan fingerprint density at radius 3 is 2.30 bits per heavy atom. The second-order valence-corrected chi connectivity index (χ2v) is 8.12. The number of hydrogen-bond acceptors (Lipinski definition) is 4. The molecule has 1 amide bonds. The van der Waals surface area contributed by atoms with E-state index in [1.165, 1.54) is 0 Å². The fourth-order valence-corrected chi connectivity index (χ4v) is 4.55. The summed E-state index contributed by atoms with van der Waals surface area (Å²) in [5.41, 5.74) is 0. The molecule has 1 atom stereocenters. The Balaban J connectivity index is 1.84. The summed E-state index contributed by atoms with van der Waals surface area (Å²) in [4.78, 5) is 15.3. The van der Waals surface area contributed by atoms with Crippen molar-refractivity contribution >= 4 is 15.9 Å². The lowest BCUT2D eigenvalue weighted by Gasteiger charge is -2.42. The molecule has 0 aromatic heterocycles. The Hall–Kier alpha value is -0.660. The third-order valence-electron chi connectivity index (χ3n) is 4.35. The van der Waals surface area contributed by atoms with Crippen LogP contribution in [0.1, 0.15) is 32.6 Å². The maximum absolute atomic E-state index is 12.2. The van der Waals surface area contributed by atoms with Gasteiger partial charge in [0.15, 0.2) is 0 Å². The summed E-state index contributed by atoms with van der Waals surface area (Å²) in [6.07, 6.45) is 4.12. The van der Waals surface area contributed by atoms with Crippen LogP contribution in [0.3, 0.4) is 0 Å². The van der Waals surface area contributed by atoms with Gasteiger partial charge in [-0.25, -0.2) is 13.1 Å². The molecule has 6 nitrogen and oxygen atoms in total. The summed E-state index contributed by atoms with van der Waals surface area (Å²) >= 11 is 0. The molecular formula is C13H25N3O3S. The summed E-state index contributed by atoms with van der Waals surface area (Å²) in [6, 6.07) is -0.127. The van der Waals surface area contributed by atoms with Crippen molar-refractivity contribution < 1.29 is 13.2 Å². The minimum atomic E-state index is -3.24. The number of carbonyl (C=O) groups excluding carboxylic acids is 1. The van der Waals surface area contributed by atoms with Crippen LogP contribution in [0.15, 0.2) is 0 Å². The number of sulfonamides is 1. The van der Waals surface area contributed by atoms with E-state index in [1.54, 1.807) is 19.0 Å². The van der Waals surface area contributed by atoms with Gasteiger partial charge in [-0.2, -0.15) is 0 Å². The van der Waals surface area contributed by atoms with Gasteiger partial charge in [0.05, 0.1) is 6.04 Å². The van der Waals surface area contributed by atoms with E-state index in [4.69, 9.17) is 0 Å². The molecule has 2 rings (SSSR count). The van der Waals surface area contributed by atoms with Gasteiger partial charge in [0.2, 0.25) is 15.9 Å². The number of nitrogens with one attached hydrogen (secondary N) is 1. The Bertz CT molecular complexity index is 451.